The van der Waals surface area contributed by atoms with Crippen LogP contribution in [-0.4, -0.2) is 12.0 Å². The number of nitrogens with two attached hydrogens (primary N) is 1. The first-order chi connectivity index (χ1) is 8.11. The van der Waals surface area contributed by atoms with E-state index in [1.54, 1.807) is 23.5 Å². The van der Waals surface area contributed by atoms with Crippen molar-refractivity contribution in [2.24, 2.45) is 5.73 Å². The summed E-state index contributed by atoms with van der Waals surface area (Å²) in [6.45, 7) is 2.45. The van der Waals surface area contributed by atoms with Crippen LogP contribution in [0.4, 0.5) is 15.2 Å². The smallest absolute Gasteiger partial charge is 0.190 e. The molecular weight excluding hydrogens is 237 g/mol. The van der Waals surface area contributed by atoms with Crippen molar-refractivity contribution < 1.29 is 4.39 Å². The van der Waals surface area contributed by atoms with E-state index >= 15 is 0 Å². The molecule has 0 radical (unpaired) electrons. The van der Waals surface area contributed by atoms with Crippen LogP contribution in [0.15, 0.2) is 24.3 Å². The zero-order valence-corrected chi connectivity index (χ0v) is 10.6. The van der Waals surface area contributed by atoms with Crippen LogP contribution in [0.25, 0.3) is 0 Å². The molecule has 0 atom stereocenters. The van der Waals surface area contributed by atoms with Crippen LogP contribution in [0.5, 0.6) is 0 Å². The Bertz CT molecular complexity index is 507. The van der Waals surface area contributed by atoms with Gasteiger partial charge in [-0.25, -0.2) is 9.37 Å². The fourth-order valence-corrected chi connectivity index (χ4v) is 2.44. The molecule has 0 saturated heterocycles. The van der Waals surface area contributed by atoms with Crippen molar-refractivity contribution in [3.05, 3.63) is 40.7 Å². The van der Waals surface area contributed by atoms with Gasteiger partial charge < -0.3 is 10.6 Å². The van der Waals surface area contributed by atoms with Crippen molar-refractivity contribution in [2.45, 2.75) is 13.5 Å². The summed E-state index contributed by atoms with van der Waals surface area (Å²) in [7, 11) is 1.91. The molecule has 90 valence electrons. The van der Waals surface area contributed by atoms with E-state index in [1.165, 1.54) is 12.1 Å². The third-order valence-electron chi connectivity index (χ3n) is 2.57. The van der Waals surface area contributed by atoms with Gasteiger partial charge in [0.15, 0.2) is 5.13 Å². The molecule has 3 nitrogen and oxygen atoms in total. The van der Waals surface area contributed by atoms with E-state index in [2.05, 4.69) is 4.98 Å². The summed E-state index contributed by atoms with van der Waals surface area (Å²) in [5.41, 5.74) is 7.49. The molecule has 0 aliphatic rings. The number of nitrogens with zero attached hydrogens (tertiary/aromatic N) is 2. The fraction of sp³-hybridized carbons (Fsp3) is 0.250. The lowest BCUT2D eigenvalue weighted by molar-refractivity contribution is 0.628. The Morgan fingerprint density at radius 2 is 2.00 bits per heavy atom. The molecule has 2 aromatic rings. The molecule has 2 rings (SSSR count). The lowest BCUT2D eigenvalue weighted by Gasteiger charge is -2.15. The Hall–Kier alpha value is -1.46. The molecule has 0 spiro atoms. The van der Waals surface area contributed by atoms with Crippen LogP contribution in [0.3, 0.4) is 0 Å². The quantitative estimate of drug-likeness (QED) is 0.912. The number of thiazole rings is 1. The van der Waals surface area contributed by atoms with Crippen molar-refractivity contribution >= 4 is 22.2 Å². The molecule has 5 heteroatoms. The summed E-state index contributed by atoms with van der Waals surface area (Å²) in [6.07, 6.45) is 0. The molecule has 2 N–H and O–H groups in total. The molecule has 1 aromatic heterocycles. The minimum absolute atomic E-state index is 0.236. The second-order valence-electron chi connectivity index (χ2n) is 3.74. The van der Waals surface area contributed by atoms with Gasteiger partial charge in [-0.1, -0.05) is 11.3 Å². The maximum absolute atomic E-state index is 12.8. The predicted molar refractivity (Wildman–Crippen MR) is 69.2 cm³/mol. The second-order valence-corrected chi connectivity index (χ2v) is 4.81. The van der Waals surface area contributed by atoms with Gasteiger partial charge in [-0.05, 0) is 31.2 Å². The average molecular weight is 251 g/mol. The number of halogens is 1. The van der Waals surface area contributed by atoms with Gasteiger partial charge >= 0.3 is 0 Å². The van der Waals surface area contributed by atoms with E-state index in [9.17, 15) is 4.39 Å². The summed E-state index contributed by atoms with van der Waals surface area (Å²) in [4.78, 5) is 7.46. The third kappa shape index (κ3) is 2.45. The Labute approximate surface area is 104 Å². The Morgan fingerprint density at radius 3 is 2.53 bits per heavy atom. The minimum atomic E-state index is -0.236. The number of aryl methyl sites for hydroxylation is 1. The molecule has 17 heavy (non-hydrogen) atoms. The molecule has 0 fully saturated rings. The third-order valence-corrected chi connectivity index (χ3v) is 3.82. The lowest BCUT2D eigenvalue weighted by Crippen LogP contribution is -2.08. The highest BCUT2D eigenvalue weighted by Gasteiger charge is 2.11. The normalized spacial score (nSPS) is 10.6. The SMILES string of the molecule is Cc1nc(N(C)c2ccc(F)cc2)sc1CN. The second kappa shape index (κ2) is 4.81. The van der Waals surface area contributed by atoms with Crippen molar-refractivity contribution in [2.75, 3.05) is 11.9 Å². The van der Waals surface area contributed by atoms with Gasteiger partial charge in [-0.3, -0.25) is 0 Å². The van der Waals surface area contributed by atoms with E-state index in [4.69, 9.17) is 5.73 Å². The molecule has 0 aliphatic carbocycles. The van der Waals surface area contributed by atoms with Crippen LogP contribution in [0, 0.1) is 12.7 Å². The van der Waals surface area contributed by atoms with E-state index < -0.39 is 0 Å². The number of hydrogen-bond acceptors (Lipinski definition) is 4. The maximum atomic E-state index is 12.8. The maximum Gasteiger partial charge on any atom is 0.190 e. The van der Waals surface area contributed by atoms with E-state index in [0.717, 1.165) is 21.4 Å². The number of benzene rings is 1. The lowest BCUT2D eigenvalue weighted by atomic mass is 10.3. The standard InChI is InChI=1S/C12H14FN3S/c1-8-11(7-14)17-12(15-8)16(2)10-5-3-9(13)4-6-10/h3-6H,7,14H2,1-2H3. The highest BCUT2D eigenvalue weighted by molar-refractivity contribution is 7.15. The summed E-state index contributed by atoms with van der Waals surface area (Å²) in [5, 5.41) is 0.870. The summed E-state index contributed by atoms with van der Waals surface area (Å²) in [6, 6.07) is 6.34. The predicted octanol–water partition coefficient (Wildman–Crippen LogP) is 2.82. The summed E-state index contributed by atoms with van der Waals surface area (Å²) >= 11 is 1.56. The molecular formula is C12H14FN3S. The average Bonchev–Trinajstić information content (AvgIpc) is 2.70. The van der Waals surface area contributed by atoms with Gasteiger partial charge in [-0.2, -0.15) is 0 Å². The molecule has 0 aliphatic heterocycles. The highest BCUT2D eigenvalue weighted by atomic mass is 32.1. The van der Waals surface area contributed by atoms with Crippen molar-refractivity contribution in [1.82, 2.24) is 4.98 Å². The van der Waals surface area contributed by atoms with E-state index in [0.29, 0.717) is 6.54 Å². The highest BCUT2D eigenvalue weighted by Crippen LogP contribution is 2.29. The first-order valence-corrected chi connectivity index (χ1v) is 6.09. The number of hydrogen-bond donors (Lipinski definition) is 1. The molecule has 1 heterocycles. The summed E-state index contributed by atoms with van der Waals surface area (Å²) < 4.78 is 12.8. The molecule has 0 saturated carbocycles. The van der Waals surface area contributed by atoms with Gasteiger partial charge in [0.05, 0.1) is 5.69 Å². The van der Waals surface area contributed by atoms with E-state index in [-0.39, 0.29) is 5.82 Å². The first-order valence-electron chi connectivity index (χ1n) is 5.27. The van der Waals surface area contributed by atoms with Gasteiger partial charge in [0.1, 0.15) is 5.82 Å². The largest absolute Gasteiger partial charge is 0.326 e. The van der Waals surface area contributed by atoms with Gasteiger partial charge in [-0.15, -0.1) is 0 Å². The van der Waals surface area contributed by atoms with Crippen molar-refractivity contribution in [1.29, 1.82) is 0 Å². The zero-order valence-electron chi connectivity index (χ0n) is 9.77. The van der Waals surface area contributed by atoms with Gasteiger partial charge in [0.2, 0.25) is 0 Å². The van der Waals surface area contributed by atoms with E-state index in [1.807, 2.05) is 18.9 Å². The number of aromatic nitrogens is 1. The Kier molecular flexibility index (Phi) is 3.40. The van der Waals surface area contributed by atoms with Gasteiger partial charge in [0, 0.05) is 24.2 Å². The van der Waals surface area contributed by atoms with Crippen molar-refractivity contribution in [3.63, 3.8) is 0 Å². The topological polar surface area (TPSA) is 42.2 Å². The van der Waals surface area contributed by atoms with Crippen LogP contribution in [0.2, 0.25) is 0 Å². The first kappa shape index (κ1) is 12.0. The Morgan fingerprint density at radius 1 is 1.35 bits per heavy atom. The van der Waals surface area contributed by atoms with Crippen LogP contribution < -0.4 is 10.6 Å². The molecule has 0 amide bonds. The van der Waals surface area contributed by atoms with Gasteiger partial charge in [0.25, 0.3) is 0 Å². The fourth-order valence-electron chi connectivity index (χ4n) is 1.52. The Balaban J connectivity index is 2.29. The monoisotopic (exact) mass is 251 g/mol. The molecule has 0 bridgehead atoms. The van der Waals surface area contributed by atoms with Crippen LogP contribution in [0.1, 0.15) is 10.6 Å². The minimum Gasteiger partial charge on any atom is -0.326 e. The summed E-state index contributed by atoms with van der Waals surface area (Å²) in [5.74, 6) is -0.236. The van der Waals surface area contributed by atoms with Crippen molar-refractivity contribution in [3.8, 4) is 0 Å². The zero-order chi connectivity index (χ0) is 12.4. The number of anilines is 2. The molecule has 1 aromatic carbocycles. The van der Waals surface area contributed by atoms with Crippen LogP contribution in [-0.2, 0) is 6.54 Å². The van der Waals surface area contributed by atoms with Crippen LogP contribution >= 0.6 is 11.3 Å². The number of rotatable bonds is 3. The molecule has 0 unspecified atom stereocenters.